The number of aliphatic carboxylic acids is 1. The van der Waals surface area contributed by atoms with Crippen molar-refractivity contribution >= 4 is 18.0 Å². The fraction of sp³-hybridized carbons (Fsp3) is 0.423. The van der Waals surface area contributed by atoms with Gasteiger partial charge in [-0.1, -0.05) is 48.5 Å². The van der Waals surface area contributed by atoms with Crippen LogP contribution in [0, 0.1) is 11.8 Å². The quantitative estimate of drug-likeness (QED) is 0.560. The van der Waals surface area contributed by atoms with Gasteiger partial charge in [-0.3, -0.25) is 9.59 Å². The third kappa shape index (κ3) is 5.39. The number of nitrogens with one attached hydrogen (secondary N) is 1. The molecule has 0 spiro atoms. The van der Waals surface area contributed by atoms with Crippen LogP contribution in [0.3, 0.4) is 0 Å². The smallest absolute Gasteiger partial charge is 0.407 e. The third-order valence-corrected chi connectivity index (χ3v) is 6.55. The van der Waals surface area contributed by atoms with Crippen LogP contribution < -0.4 is 5.32 Å². The Labute approximate surface area is 199 Å². The number of carbonyl (C=O) groups is 3. The van der Waals surface area contributed by atoms with Crippen molar-refractivity contribution in [3.8, 4) is 11.1 Å². The van der Waals surface area contributed by atoms with E-state index in [0.717, 1.165) is 11.1 Å². The molecule has 2 aromatic carbocycles. The summed E-state index contributed by atoms with van der Waals surface area (Å²) in [4.78, 5) is 39.6. The van der Waals surface area contributed by atoms with Crippen LogP contribution in [0.25, 0.3) is 11.1 Å². The summed E-state index contributed by atoms with van der Waals surface area (Å²) >= 11 is 0. The number of amides is 2. The second-order valence-electron chi connectivity index (χ2n) is 9.27. The van der Waals surface area contributed by atoms with Gasteiger partial charge >= 0.3 is 12.1 Å². The number of alkyl carbamates (subject to hydrolysis) is 1. The Bertz CT molecular complexity index is 1020. The number of carbonyl (C=O) groups excluding carboxylic acids is 2. The minimum atomic E-state index is -1.03. The molecule has 0 heterocycles. The lowest BCUT2D eigenvalue weighted by Gasteiger charge is -2.23. The van der Waals surface area contributed by atoms with Gasteiger partial charge in [0, 0.05) is 31.5 Å². The molecule has 0 bridgehead atoms. The number of nitrogens with zero attached hydrogens (tertiary/aromatic N) is 2. The van der Waals surface area contributed by atoms with Gasteiger partial charge in [0.2, 0.25) is 5.91 Å². The number of hydrogen-bond donors (Lipinski definition) is 2. The number of ether oxygens (including phenoxy) is 1. The summed E-state index contributed by atoms with van der Waals surface area (Å²) in [5.74, 6) is -1.45. The number of fused-ring (bicyclic) bond motifs is 3. The molecule has 8 nitrogen and oxygen atoms in total. The Morgan fingerprint density at radius 1 is 1.00 bits per heavy atom. The summed E-state index contributed by atoms with van der Waals surface area (Å²) in [6.07, 6.45) is 0.135. The fourth-order valence-electron chi connectivity index (χ4n) is 4.63. The largest absolute Gasteiger partial charge is 0.480 e. The Balaban J connectivity index is 1.26. The van der Waals surface area contributed by atoms with E-state index in [0.29, 0.717) is 26.1 Å². The molecule has 0 saturated heterocycles. The number of benzene rings is 2. The maximum Gasteiger partial charge on any atom is 0.407 e. The van der Waals surface area contributed by atoms with Gasteiger partial charge in [0.1, 0.15) is 13.2 Å². The van der Waals surface area contributed by atoms with Gasteiger partial charge in [-0.25, -0.2) is 4.79 Å². The first-order valence-corrected chi connectivity index (χ1v) is 11.6. The molecular formula is C26H31N3O5. The number of carboxylic acids is 1. The van der Waals surface area contributed by atoms with Crippen LogP contribution >= 0.6 is 0 Å². The molecular weight excluding hydrogens is 434 g/mol. The van der Waals surface area contributed by atoms with E-state index in [9.17, 15) is 14.4 Å². The highest BCUT2D eigenvalue weighted by Crippen LogP contribution is 2.44. The molecule has 0 aromatic heterocycles. The molecule has 2 atom stereocenters. The number of rotatable bonds is 10. The van der Waals surface area contributed by atoms with Crippen molar-refractivity contribution in [3.05, 3.63) is 59.7 Å². The number of likely N-dealkylation sites (N-methyl/N-ethyl adjacent to an activating group) is 1. The van der Waals surface area contributed by atoms with Crippen LogP contribution in [0.1, 0.15) is 23.5 Å². The lowest BCUT2D eigenvalue weighted by atomic mass is 9.98. The first-order chi connectivity index (χ1) is 16.3. The van der Waals surface area contributed by atoms with Crippen molar-refractivity contribution in [2.75, 3.05) is 46.9 Å². The first-order valence-electron chi connectivity index (χ1n) is 11.6. The van der Waals surface area contributed by atoms with E-state index in [1.54, 1.807) is 0 Å². The molecule has 2 aliphatic rings. The summed E-state index contributed by atoms with van der Waals surface area (Å²) < 4.78 is 5.55. The fourth-order valence-corrected chi connectivity index (χ4v) is 4.63. The van der Waals surface area contributed by atoms with Gasteiger partial charge in [0.15, 0.2) is 0 Å². The van der Waals surface area contributed by atoms with Gasteiger partial charge in [0.05, 0.1) is 0 Å². The van der Waals surface area contributed by atoms with E-state index in [1.807, 2.05) is 43.3 Å². The van der Waals surface area contributed by atoms with Crippen LogP contribution in [0.4, 0.5) is 4.79 Å². The van der Waals surface area contributed by atoms with Crippen molar-refractivity contribution in [2.45, 2.75) is 12.3 Å². The first kappa shape index (κ1) is 23.8. The second kappa shape index (κ2) is 10.3. The van der Waals surface area contributed by atoms with Crippen LogP contribution in [-0.4, -0.2) is 79.8 Å². The molecule has 4 rings (SSSR count). The summed E-state index contributed by atoms with van der Waals surface area (Å²) in [6, 6.07) is 16.3. The zero-order chi connectivity index (χ0) is 24.2. The van der Waals surface area contributed by atoms with Crippen molar-refractivity contribution in [3.63, 3.8) is 0 Å². The van der Waals surface area contributed by atoms with Crippen molar-refractivity contribution in [1.29, 1.82) is 0 Å². The zero-order valence-electron chi connectivity index (χ0n) is 19.6. The van der Waals surface area contributed by atoms with E-state index in [2.05, 4.69) is 29.6 Å². The zero-order valence-corrected chi connectivity index (χ0v) is 19.6. The van der Waals surface area contributed by atoms with Gasteiger partial charge in [-0.05, 0) is 48.7 Å². The summed E-state index contributed by atoms with van der Waals surface area (Å²) in [6.45, 7) is 1.22. The predicted octanol–water partition coefficient (Wildman–Crippen LogP) is 2.64. The number of carboxylic acid groups (broad SMARTS) is 1. The van der Waals surface area contributed by atoms with Gasteiger partial charge in [-0.15, -0.1) is 0 Å². The molecule has 1 saturated carbocycles. The Kier molecular flexibility index (Phi) is 7.17. The highest BCUT2D eigenvalue weighted by molar-refractivity contribution is 5.85. The maximum atomic E-state index is 12.7. The molecule has 2 amide bonds. The molecule has 2 aliphatic carbocycles. The molecule has 0 aliphatic heterocycles. The minimum absolute atomic E-state index is 0.00336. The van der Waals surface area contributed by atoms with Crippen LogP contribution in [-0.2, 0) is 14.3 Å². The highest BCUT2D eigenvalue weighted by atomic mass is 16.5. The van der Waals surface area contributed by atoms with E-state index in [1.165, 1.54) is 16.0 Å². The molecule has 180 valence electrons. The summed E-state index contributed by atoms with van der Waals surface area (Å²) in [7, 11) is 3.75. The molecule has 8 heteroatoms. The second-order valence-corrected chi connectivity index (χ2v) is 9.27. The van der Waals surface area contributed by atoms with Crippen LogP contribution in [0.15, 0.2) is 48.5 Å². The predicted molar refractivity (Wildman–Crippen MR) is 127 cm³/mol. The van der Waals surface area contributed by atoms with Gasteiger partial charge in [0.25, 0.3) is 0 Å². The lowest BCUT2D eigenvalue weighted by molar-refractivity contribution is -0.145. The molecule has 2 aromatic rings. The molecule has 0 unspecified atom stereocenters. The van der Waals surface area contributed by atoms with Gasteiger partial charge in [-0.2, -0.15) is 0 Å². The molecule has 2 N–H and O–H groups in total. The highest BCUT2D eigenvalue weighted by Gasteiger charge is 2.45. The summed E-state index contributed by atoms with van der Waals surface area (Å²) in [5, 5.41) is 11.9. The van der Waals surface area contributed by atoms with E-state index in [4.69, 9.17) is 9.84 Å². The SMILES string of the molecule is CN(C)CCN(CC(=O)O)C(=O)[C@@H]1C[C@@H]1CNC(=O)OCC1c2ccccc2-c2ccccc21. The van der Waals surface area contributed by atoms with Crippen molar-refractivity contribution in [2.24, 2.45) is 11.8 Å². The van der Waals surface area contributed by atoms with Crippen molar-refractivity contribution < 1.29 is 24.2 Å². The lowest BCUT2D eigenvalue weighted by Crippen LogP contribution is -2.41. The van der Waals surface area contributed by atoms with Crippen LogP contribution in [0.2, 0.25) is 0 Å². The normalized spacial score (nSPS) is 18.2. The average Bonchev–Trinajstić information content (AvgIpc) is 3.53. The minimum Gasteiger partial charge on any atom is -0.480 e. The standard InChI is InChI=1S/C26H31N3O5/c1-28(2)11-12-29(15-24(30)31)25(32)22-13-17(22)14-27-26(33)34-16-23-20-9-5-3-7-18(20)19-8-4-6-10-21(19)23/h3-10,17,22-23H,11-16H2,1-2H3,(H,27,33)(H,30,31)/t17-,22-/m1/s1. The molecule has 1 fully saturated rings. The Hall–Kier alpha value is -3.39. The van der Waals surface area contributed by atoms with Gasteiger partial charge < -0.3 is 25.0 Å². The van der Waals surface area contributed by atoms with E-state index < -0.39 is 12.1 Å². The molecule has 34 heavy (non-hydrogen) atoms. The molecule has 0 radical (unpaired) electrons. The number of hydrogen-bond acceptors (Lipinski definition) is 5. The summed E-state index contributed by atoms with van der Waals surface area (Å²) in [5.41, 5.74) is 4.65. The van der Waals surface area contributed by atoms with E-state index >= 15 is 0 Å². The monoisotopic (exact) mass is 465 g/mol. The maximum absolute atomic E-state index is 12.7. The van der Waals surface area contributed by atoms with E-state index in [-0.39, 0.29) is 36.8 Å². The Morgan fingerprint density at radius 3 is 2.21 bits per heavy atom. The third-order valence-electron chi connectivity index (χ3n) is 6.55. The Morgan fingerprint density at radius 2 is 1.62 bits per heavy atom. The van der Waals surface area contributed by atoms with Crippen molar-refractivity contribution in [1.82, 2.24) is 15.1 Å². The van der Waals surface area contributed by atoms with Crippen LogP contribution in [0.5, 0.6) is 0 Å². The topological polar surface area (TPSA) is 99.2 Å². The average molecular weight is 466 g/mol.